The molecule has 0 aliphatic heterocycles. The molecule has 9 rings (SSSR count). The molecule has 0 bridgehead atoms. The van der Waals surface area contributed by atoms with Gasteiger partial charge in [0, 0.05) is 28.4 Å². The van der Waals surface area contributed by atoms with Crippen molar-refractivity contribution in [2.75, 3.05) is 9.80 Å². The largest absolute Gasteiger partial charge is 0.334 e. The van der Waals surface area contributed by atoms with Crippen molar-refractivity contribution in [2.45, 2.75) is 25.8 Å². The van der Waals surface area contributed by atoms with Crippen LogP contribution in [-0.4, -0.2) is 6.04 Å². The lowest BCUT2D eigenvalue weighted by atomic mass is 9.92. The Morgan fingerprint density at radius 3 is 1.60 bits per heavy atom. The highest BCUT2D eigenvalue weighted by Gasteiger charge is 2.21. The van der Waals surface area contributed by atoms with Gasteiger partial charge in [-0.25, -0.2) is 0 Å². The molecule has 0 radical (unpaired) electrons. The van der Waals surface area contributed by atoms with Crippen molar-refractivity contribution in [2.24, 2.45) is 0 Å². The van der Waals surface area contributed by atoms with E-state index in [1.165, 1.54) is 55.9 Å². The van der Waals surface area contributed by atoms with Crippen LogP contribution in [0.5, 0.6) is 0 Å². The van der Waals surface area contributed by atoms with Crippen LogP contribution in [0.15, 0.2) is 285 Å². The minimum absolute atomic E-state index is 0.194. The zero-order chi connectivity index (χ0) is 46.3. The Hall–Kier alpha value is -8.46. The van der Waals surface area contributed by atoms with Crippen molar-refractivity contribution in [3.05, 3.63) is 302 Å². The molecule has 0 saturated heterocycles. The first-order chi connectivity index (χ1) is 33.6. The Morgan fingerprint density at radius 1 is 0.515 bits per heavy atom. The van der Waals surface area contributed by atoms with Crippen LogP contribution in [0.3, 0.4) is 0 Å². The average Bonchev–Trinajstić information content (AvgIpc) is 3.41. The molecule has 330 valence electrons. The topological polar surface area (TPSA) is 6.48 Å². The monoisotopic (exact) mass is 876 g/mol. The van der Waals surface area contributed by atoms with Gasteiger partial charge in [-0.2, -0.15) is 0 Å². The first kappa shape index (κ1) is 44.7. The predicted octanol–water partition coefficient (Wildman–Crippen LogP) is 17.8. The third-order valence-corrected chi connectivity index (χ3v) is 12.3. The summed E-state index contributed by atoms with van der Waals surface area (Å²) in [6.45, 7) is 6.24. The molecular formula is C66H56N2. The van der Waals surface area contributed by atoms with Gasteiger partial charge in [0.05, 0.1) is 6.04 Å². The third-order valence-electron chi connectivity index (χ3n) is 12.3. The second-order valence-corrected chi connectivity index (χ2v) is 16.9. The van der Waals surface area contributed by atoms with E-state index in [0.29, 0.717) is 0 Å². The Balaban J connectivity index is 0.917. The molecule has 0 fully saturated rings. The van der Waals surface area contributed by atoms with Crippen LogP contribution in [0.1, 0.15) is 30.0 Å². The molecule has 0 heterocycles. The number of hydrogen-bond donors (Lipinski definition) is 0. The average molecular weight is 877 g/mol. The van der Waals surface area contributed by atoms with Crippen molar-refractivity contribution in [3.8, 4) is 33.4 Å². The summed E-state index contributed by atoms with van der Waals surface area (Å²) in [7, 11) is 0. The van der Waals surface area contributed by atoms with Crippen LogP contribution in [0.4, 0.5) is 22.7 Å². The minimum Gasteiger partial charge on any atom is -0.334 e. The first-order valence-electron chi connectivity index (χ1n) is 23.6. The fourth-order valence-electron chi connectivity index (χ4n) is 8.84. The Morgan fingerprint density at radius 2 is 1.03 bits per heavy atom. The van der Waals surface area contributed by atoms with Gasteiger partial charge in [0.25, 0.3) is 0 Å². The lowest BCUT2D eigenvalue weighted by molar-refractivity contribution is 0.787. The second-order valence-electron chi connectivity index (χ2n) is 16.9. The summed E-state index contributed by atoms with van der Waals surface area (Å²) in [5, 5.41) is 0. The van der Waals surface area contributed by atoms with Crippen molar-refractivity contribution < 1.29 is 0 Å². The summed E-state index contributed by atoms with van der Waals surface area (Å²) in [4.78, 5) is 4.70. The maximum absolute atomic E-state index is 4.20. The van der Waals surface area contributed by atoms with Gasteiger partial charge in [-0.1, -0.05) is 207 Å². The number of allylic oxidation sites excluding steroid dienone is 9. The molecule has 1 unspecified atom stereocenters. The van der Waals surface area contributed by atoms with E-state index >= 15 is 0 Å². The summed E-state index contributed by atoms with van der Waals surface area (Å²) >= 11 is 0. The van der Waals surface area contributed by atoms with E-state index in [1.807, 2.05) is 25.1 Å². The minimum atomic E-state index is 0.194. The van der Waals surface area contributed by atoms with E-state index in [0.717, 1.165) is 41.0 Å². The molecule has 1 aliphatic carbocycles. The van der Waals surface area contributed by atoms with E-state index in [-0.39, 0.29) is 6.04 Å². The zero-order valence-corrected chi connectivity index (χ0v) is 38.7. The highest BCUT2D eigenvalue weighted by atomic mass is 15.2. The number of nitrogens with zero attached hydrogens (tertiary/aromatic N) is 2. The van der Waals surface area contributed by atoms with Gasteiger partial charge in [0.2, 0.25) is 0 Å². The van der Waals surface area contributed by atoms with Crippen molar-refractivity contribution >= 4 is 34.4 Å². The van der Waals surface area contributed by atoms with Gasteiger partial charge in [0.1, 0.15) is 0 Å². The van der Waals surface area contributed by atoms with Gasteiger partial charge in [0.15, 0.2) is 0 Å². The molecule has 1 atom stereocenters. The molecule has 0 N–H and O–H groups in total. The lowest BCUT2D eigenvalue weighted by Gasteiger charge is -2.33. The molecule has 1 aliphatic rings. The molecule has 0 amide bonds. The summed E-state index contributed by atoms with van der Waals surface area (Å²) in [6, 6.07) is 76.3. The highest BCUT2D eigenvalue weighted by molar-refractivity contribution is 5.82. The number of para-hydroxylation sites is 2. The molecule has 0 saturated carbocycles. The molecule has 2 nitrogen and oxygen atoms in total. The first-order valence-corrected chi connectivity index (χ1v) is 23.6. The van der Waals surface area contributed by atoms with Crippen LogP contribution in [-0.2, 0) is 6.42 Å². The fraction of sp³-hybridized carbons (Fsp3) is 0.0606. The van der Waals surface area contributed by atoms with Crippen LogP contribution in [0, 0.1) is 0 Å². The second kappa shape index (κ2) is 22.2. The molecule has 2 heteroatoms. The summed E-state index contributed by atoms with van der Waals surface area (Å²) in [5.41, 5.74) is 17.5. The third kappa shape index (κ3) is 11.0. The SMILES string of the molecule is C=C/C(=C\C=C\c1ccccc1)N(c1ccccc1)c1ccc(-c2cccc(-c3cccc(-c4cccc(C5=CCC(N(c6ccccc6)c6ccc(C/C=C\C=C/C)cc6)C=C5)c4)c3)c2)cc1. The van der Waals surface area contributed by atoms with E-state index in [4.69, 9.17) is 0 Å². The Kier molecular flexibility index (Phi) is 14.6. The highest BCUT2D eigenvalue weighted by Crippen LogP contribution is 2.37. The van der Waals surface area contributed by atoms with Gasteiger partial charge < -0.3 is 9.80 Å². The number of anilines is 4. The molecule has 68 heavy (non-hydrogen) atoms. The quantitative estimate of drug-likeness (QED) is 0.0893. The lowest BCUT2D eigenvalue weighted by Crippen LogP contribution is -2.30. The van der Waals surface area contributed by atoms with Gasteiger partial charge >= 0.3 is 0 Å². The maximum Gasteiger partial charge on any atom is 0.0560 e. The maximum atomic E-state index is 4.20. The van der Waals surface area contributed by atoms with E-state index < -0.39 is 0 Å². The normalized spacial score (nSPS) is 13.8. The summed E-state index contributed by atoms with van der Waals surface area (Å²) in [5.74, 6) is 0. The van der Waals surface area contributed by atoms with Crippen LogP contribution < -0.4 is 9.80 Å². The molecule has 8 aromatic rings. The number of benzene rings is 8. The predicted molar refractivity (Wildman–Crippen MR) is 293 cm³/mol. The molecule has 0 spiro atoms. The number of hydrogen-bond acceptors (Lipinski definition) is 2. The molecule has 0 aromatic heterocycles. The zero-order valence-electron chi connectivity index (χ0n) is 38.7. The van der Waals surface area contributed by atoms with Gasteiger partial charge in [-0.3, -0.25) is 0 Å². The van der Waals surface area contributed by atoms with E-state index in [9.17, 15) is 0 Å². The smallest absolute Gasteiger partial charge is 0.0560 e. The standard InChI is InChI=1S/C66H56N2/c1-3-5-6-10-23-52-36-42-64(43-37-52)68(63-33-15-9-16-34-63)66-46-40-54(41-47-66)56-26-19-28-58(49-56)60-30-20-29-59(50-60)57-27-18-25-55(48-57)53-38-44-65(45-39-53)67(62-31-13-8-14-32-62)61(4-2)35-17-24-51-21-11-7-12-22-51/h3-22,24-46,48-50,66H,2,23,47H2,1H3/b5-3-,10-6-,24-17+,61-35+. The Bertz CT molecular complexity index is 3110. The van der Waals surface area contributed by atoms with Crippen molar-refractivity contribution in [1.29, 1.82) is 0 Å². The summed E-state index contributed by atoms with van der Waals surface area (Å²) < 4.78 is 0. The van der Waals surface area contributed by atoms with Crippen molar-refractivity contribution in [1.82, 2.24) is 0 Å². The van der Waals surface area contributed by atoms with E-state index in [1.54, 1.807) is 0 Å². The van der Waals surface area contributed by atoms with Crippen LogP contribution >= 0.6 is 0 Å². The number of rotatable bonds is 16. The molecule has 8 aromatic carbocycles. The Labute approximate surface area is 403 Å². The van der Waals surface area contributed by atoms with Crippen LogP contribution in [0.25, 0.3) is 45.0 Å². The fourth-order valence-corrected chi connectivity index (χ4v) is 8.84. The van der Waals surface area contributed by atoms with Gasteiger partial charge in [-0.05, 0) is 154 Å². The van der Waals surface area contributed by atoms with Crippen molar-refractivity contribution in [3.63, 3.8) is 0 Å². The van der Waals surface area contributed by atoms with Crippen LogP contribution in [0.2, 0.25) is 0 Å². The van der Waals surface area contributed by atoms with Gasteiger partial charge in [-0.15, -0.1) is 0 Å². The molecular weight excluding hydrogens is 821 g/mol. The summed E-state index contributed by atoms with van der Waals surface area (Å²) in [6.07, 6.45) is 25.6. The van der Waals surface area contributed by atoms with E-state index in [2.05, 4.69) is 277 Å².